The van der Waals surface area contributed by atoms with Crippen LogP contribution in [0.5, 0.6) is 5.75 Å². The summed E-state index contributed by atoms with van der Waals surface area (Å²) in [5.74, 6) is -0.694. The molecule has 0 aliphatic carbocycles. The van der Waals surface area contributed by atoms with Crippen LogP contribution in [0.15, 0.2) is 136 Å². The molecule has 0 aromatic heterocycles. The van der Waals surface area contributed by atoms with Crippen molar-refractivity contribution in [1.29, 1.82) is 0 Å². The van der Waals surface area contributed by atoms with Gasteiger partial charge in [-0.2, -0.15) is 17.6 Å². The van der Waals surface area contributed by atoms with E-state index in [9.17, 15) is 30.5 Å². The Morgan fingerprint density at radius 2 is 0.889 bits per heavy atom. The second-order valence-electron chi connectivity index (χ2n) is 7.15. The SMILES string of the molecule is O=S(=O)([O-])C(F)(F)C(F)(F)Oc1ccccc1.c1ccc([S+](c2ccccc2)c2ccccc2)cc1. The number of halogens is 4. The summed E-state index contributed by atoms with van der Waals surface area (Å²) >= 11 is 0. The van der Waals surface area contributed by atoms with Gasteiger partial charge in [0.25, 0.3) is 0 Å². The molecule has 36 heavy (non-hydrogen) atoms. The average Bonchev–Trinajstić information content (AvgIpc) is 2.86. The van der Waals surface area contributed by atoms with E-state index < -0.39 is 27.2 Å². The summed E-state index contributed by atoms with van der Waals surface area (Å²) in [5.41, 5.74) is 0. The summed E-state index contributed by atoms with van der Waals surface area (Å²) in [6, 6.07) is 37.8. The van der Waals surface area contributed by atoms with Crippen LogP contribution in [0.25, 0.3) is 0 Å². The molecule has 4 aromatic carbocycles. The molecule has 4 aromatic rings. The van der Waals surface area contributed by atoms with Gasteiger partial charge in [0.2, 0.25) is 0 Å². The van der Waals surface area contributed by atoms with Gasteiger partial charge in [-0.1, -0.05) is 72.8 Å². The second kappa shape index (κ2) is 11.6. The predicted octanol–water partition coefficient (Wildman–Crippen LogP) is 6.58. The zero-order valence-electron chi connectivity index (χ0n) is 18.5. The van der Waals surface area contributed by atoms with Crippen LogP contribution in [0, 0.1) is 0 Å². The molecule has 0 saturated heterocycles. The Labute approximate surface area is 209 Å². The molecule has 0 aliphatic heterocycles. The fraction of sp³-hybridized carbons (Fsp3) is 0.0769. The molecular weight excluding hydrogens is 516 g/mol. The fourth-order valence-corrected chi connectivity index (χ4v) is 5.36. The van der Waals surface area contributed by atoms with E-state index in [2.05, 4.69) is 95.7 Å². The van der Waals surface area contributed by atoms with Gasteiger partial charge in [0, 0.05) is 0 Å². The third kappa shape index (κ3) is 6.66. The molecule has 0 unspecified atom stereocenters. The van der Waals surface area contributed by atoms with E-state index in [0.717, 1.165) is 12.1 Å². The first-order chi connectivity index (χ1) is 17.0. The minimum atomic E-state index is -6.54. The Kier molecular flexibility index (Phi) is 8.78. The highest BCUT2D eigenvalue weighted by Crippen LogP contribution is 2.39. The lowest BCUT2D eigenvalue weighted by Crippen LogP contribution is -2.50. The summed E-state index contributed by atoms with van der Waals surface area (Å²) in [5, 5.41) is -5.85. The molecule has 0 atom stereocenters. The molecule has 0 amide bonds. The minimum Gasteiger partial charge on any atom is -0.743 e. The number of hydrogen-bond donors (Lipinski definition) is 0. The average molecular weight is 537 g/mol. The normalized spacial score (nSPS) is 11.9. The standard InChI is InChI=1S/C18H15S.C8H6F4O4S/c1-4-10-16(11-5-1)19(17-12-6-2-7-13-17)18-14-8-3-9-15-18;9-7(10,8(11,12)17(13,14)15)16-6-4-2-1-3-5-6/h1-15H;1-5H,(H,13,14,15)/q+1;/p-1. The highest BCUT2D eigenvalue weighted by Gasteiger charge is 2.65. The topological polar surface area (TPSA) is 66.4 Å². The smallest absolute Gasteiger partial charge is 0.479 e. The lowest BCUT2D eigenvalue weighted by atomic mass is 10.3. The van der Waals surface area contributed by atoms with Crippen molar-refractivity contribution >= 4 is 21.0 Å². The van der Waals surface area contributed by atoms with Crippen molar-refractivity contribution in [3.63, 3.8) is 0 Å². The highest BCUT2D eigenvalue weighted by atomic mass is 32.2. The zero-order chi connectivity index (χ0) is 26.2. The van der Waals surface area contributed by atoms with Crippen LogP contribution in [-0.4, -0.2) is 24.3 Å². The van der Waals surface area contributed by atoms with Gasteiger partial charge in [0.1, 0.15) is 5.75 Å². The minimum absolute atomic E-state index is 0.0146. The van der Waals surface area contributed by atoms with E-state index >= 15 is 0 Å². The van der Waals surface area contributed by atoms with Gasteiger partial charge in [-0.05, 0) is 48.5 Å². The van der Waals surface area contributed by atoms with Gasteiger partial charge in [-0.15, -0.1) is 0 Å². The quantitative estimate of drug-likeness (QED) is 0.152. The Morgan fingerprint density at radius 1 is 0.583 bits per heavy atom. The van der Waals surface area contributed by atoms with Gasteiger partial charge < -0.3 is 9.29 Å². The Balaban J connectivity index is 0.000000202. The third-order valence-corrected chi connectivity index (χ3v) is 7.68. The summed E-state index contributed by atoms with van der Waals surface area (Å²) in [6.45, 7) is 0. The number of ether oxygens (including phenoxy) is 1. The van der Waals surface area contributed by atoms with E-state index in [-0.39, 0.29) is 10.9 Å². The number of hydrogen-bond acceptors (Lipinski definition) is 4. The van der Waals surface area contributed by atoms with Gasteiger partial charge >= 0.3 is 11.4 Å². The summed E-state index contributed by atoms with van der Waals surface area (Å²) in [7, 11) is -6.55. The second-order valence-corrected chi connectivity index (χ2v) is 10.6. The summed E-state index contributed by atoms with van der Waals surface area (Å²) < 4.78 is 84.5. The van der Waals surface area contributed by atoms with Gasteiger partial charge in [0.15, 0.2) is 24.8 Å². The van der Waals surface area contributed by atoms with Crippen molar-refractivity contribution in [2.24, 2.45) is 0 Å². The van der Waals surface area contributed by atoms with Crippen LogP contribution in [-0.2, 0) is 21.0 Å². The summed E-state index contributed by atoms with van der Waals surface area (Å²) in [6.07, 6.45) is -5.45. The molecule has 4 rings (SSSR count). The molecule has 0 saturated carbocycles. The molecule has 10 heteroatoms. The van der Waals surface area contributed by atoms with Crippen molar-refractivity contribution in [3.05, 3.63) is 121 Å². The number of para-hydroxylation sites is 1. The van der Waals surface area contributed by atoms with Crippen LogP contribution in [0.3, 0.4) is 0 Å². The Morgan fingerprint density at radius 3 is 1.19 bits per heavy atom. The first kappa shape index (κ1) is 27.3. The van der Waals surface area contributed by atoms with Crippen molar-refractivity contribution in [1.82, 2.24) is 0 Å². The Hall–Kier alpha value is -3.34. The van der Waals surface area contributed by atoms with Gasteiger partial charge in [-0.25, -0.2) is 8.42 Å². The highest BCUT2D eigenvalue weighted by molar-refractivity contribution is 7.97. The van der Waals surface area contributed by atoms with Gasteiger partial charge in [-0.3, -0.25) is 0 Å². The molecule has 0 fully saturated rings. The maximum Gasteiger partial charge on any atom is 0.479 e. The number of rotatable bonds is 7. The molecule has 0 radical (unpaired) electrons. The number of benzene rings is 4. The maximum absolute atomic E-state index is 12.8. The van der Waals surface area contributed by atoms with Crippen molar-refractivity contribution in [2.45, 2.75) is 26.0 Å². The lowest BCUT2D eigenvalue weighted by Gasteiger charge is -2.27. The van der Waals surface area contributed by atoms with E-state index in [4.69, 9.17) is 0 Å². The first-order valence-electron chi connectivity index (χ1n) is 10.4. The van der Waals surface area contributed by atoms with E-state index in [1.54, 1.807) is 0 Å². The molecule has 0 heterocycles. The third-order valence-electron chi connectivity index (χ3n) is 4.58. The van der Waals surface area contributed by atoms with E-state index in [1.165, 1.54) is 32.9 Å². The molecule has 0 spiro atoms. The van der Waals surface area contributed by atoms with Crippen LogP contribution < -0.4 is 4.74 Å². The first-order valence-corrected chi connectivity index (χ1v) is 13.0. The van der Waals surface area contributed by atoms with Crippen LogP contribution in [0.4, 0.5) is 17.6 Å². The van der Waals surface area contributed by atoms with Crippen molar-refractivity contribution in [2.75, 3.05) is 0 Å². The van der Waals surface area contributed by atoms with Crippen molar-refractivity contribution < 1.29 is 35.3 Å². The largest absolute Gasteiger partial charge is 0.743 e. The maximum atomic E-state index is 12.8. The van der Waals surface area contributed by atoms with Crippen LogP contribution in [0.1, 0.15) is 0 Å². The zero-order valence-corrected chi connectivity index (χ0v) is 20.1. The molecular formula is C26H20F4O4S2. The monoisotopic (exact) mass is 536 g/mol. The van der Waals surface area contributed by atoms with Crippen molar-refractivity contribution in [3.8, 4) is 5.75 Å². The fourth-order valence-electron chi connectivity index (χ4n) is 2.92. The van der Waals surface area contributed by atoms with E-state index in [0.29, 0.717) is 0 Å². The predicted molar refractivity (Wildman–Crippen MR) is 128 cm³/mol. The summed E-state index contributed by atoms with van der Waals surface area (Å²) in [4.78, 5) is 4.08. The Bertz CT molecular complexity index is 1230. The molecule has 0 aliphatic rings. The van der Waals surface area contributed by atoms with Gasteiger partial charge in [0.05, 0.1) is 10.9 Å². The molecule has 0 bridgehead atoms. The number of alkyl halides is 4. The van der Waals surface area contributed by atoms with Crippen LogP contribution >= 0.6 is 0 Å². The molecule has 4 nitrogen and oxygen atoms in total. The molecule has 188 valence electrons. The molecule has 0 N–H and O–H groups in total. The van der Waals surface area contributed by atoms with E-state index in [1.807, 2.05) is 0 Å². The lowest BCUT2D eigenvalue weighted by molar-refractivity contribution is -0.274. The van der Waals surface area contributed by atoms with Crippen LogP contribution in [0.2, 0.25) is 0 Å².